The highest BCUT2D eigenvalue weighted by Crippen LogP contribution is 2.13. The van der Waals surface area contributed by atoms with Crippen LogP contribution in [0, 0.1) is 6.92 Å². The first-order valence-electron chi connectivity index (χ1n) is 6.77. The van der Waals surface area contributed by atoms with Gasteiger partial charge in [0.25, 0.3) is 0 Å². The molecule has 0 saturated carbocycles. The lowest BCUT2D eigenvalue weighted by Crippen LogP contribution is -2.12. The van der Waals surface area contributed by atoms with Gasteiger partial charge in [0.05, 0.1) is 4.90 Å². The third-order valence-electron chi connectivity index (χ3n) is 3.20. The van der Waals surface area contributed by atoms with Crippen molar-refractivity contribution in [2.75, 3.05) is 5.88 Å². The normalized spacial score (nSPS) is 12.7. The Bertz CT molecular complexity index is 945. The van der Waals surface area contributed by atoms with Gasteiger partial charge in [-0.25, -0.2) is 13.4 Å². The first-order valence-corrected chi connectivity index (χ1v) is 8.80. The van der Waals surface area contributed by atoms with Gasteiger partial charge in [-0.2, -0.15) is 0 Å². The van der Waals surface area contributed by atoms with Crippen molar-refractivity contribution in [2.24, 2.45) is 4.99 Å². The van der Waals surface area contributed by atoms with Crippen molar-refractivity contribution < 1.29 is 8.42 Å². The highest BCUT2D eigenvalue weighted by atomic mass is 35.5. The number of aliphatic imine (C=N–C) groups is 1. The fourth-order valence-electron chi connectivity index (χ4n) is 1.96. The van der Waals surface area contributed by atoms with Crippen molar-refractivity contribution in [3.8, 4) is 0 Å². The molecule has 8 heteroatoms. The maximum Gasteiger partial charge on any atom is 0.239 e. The number of aryl methyl sites for hydroxylation is 1. The molecule has 0 radical (unpaired) electrons. The lowest BCUT2D eigenvalue weighted by atomic mass is 10.2. The Morgan fingerprint density at radius 2 is 1.65 bits per heavy atom. The van der Waals surface area contributed by atoms with Gasteiger partial charge in [-0.05, 0) is 42.8 Å². The van der Waals surface area contributed by atoms with Gasteiger partial charge >= 0.3 is 0 Å². The summed E-state index contributed by atoms with van der Waals surface area (Å²) < 4.78 is 24.5. The Kier molecular flexibility index (Phi) is 4.14. The Morgan fingerprint density at radius 3 is 2.22 bits per heavy atom. The van der Waals surface area contributed by atoms with Crippen molar-refractivity contribution in [1.29, 1.82) is 0 Å². The molecule has 0 atom stereocenters. The molecular weight excluding hydrogens is 336 g/mol. The van der Waals surface area contributed by atoms with E-state index >= 15 is 0 Å². The molecule has 0 N–H and O–H groups in total. The largest absolute Gasteiger partial charge is 0.239 e. The van der Waals surface area contributed by atoms with Gasteiger partial charge in [-0.15, -0.1) is 15.0 Å². The van der Waals surface area contributed by atoms with Crippen LogP contribution in [0.1, 0.15) is 5.56 Å². The first-order chi connectivity index (χ1) is 11.0. The van der Waals surface area contributed by atoms with Crippen LogP contribution in [-0.2, 0) is 9.84 Å². The number of aromatic nitrogens is 3. The molecule has 0 amide bonds. The van der Waals surface area contributed by atoms with Crippen LogP contribution in [0.5, 0.6) is 0 Å². The van der Waals surface area contributed by atoms with Gasteiger partial charge in [0.2, 0.25) is 5.29 Å². The average Bonchev–Trinajstić information content (AvgIpc) is 2.97. The van der Waals surface area contributed by atoms with E-state index in [0.29, 0.717) is 11.0 Å². The van der Waals surface area contributed by atoms with Crippen LogP contribution >= 0.6 is 11.6 Å². The van der Waals surface area contributed by atoms with Gasteiger partial charge < -0.3 is 0 Å². The predicted octanol–water partition coefficient (Wildman–Crippen LogP) is 2.61. The van der Waals surface area contributed by atoms with E-state index in [2.05, 4.69) is 15.2 Å². The lowest BCUT2D eigenvalue weighted by Gasteiger charge is -2.02. The fraction of sp³-hybridized carbons (Fsp3) is 0.133. The zero-order chi connectivity index (χ0) is 16.4. The molecule has 6 nitrogen and oxygen atoms in total. The molecule has 0 spiro atoms. The van der Waals surface area contributed by atoms with Gasteiger partial charge in [0.15, 0.2) is 9.84 Å². The Labute approximate surface area is 138 Å². The third kappa shape index (κ3) is 3.40. The van der Waals surface area contributed by atoms with Crippen LogP contribution in [0.25, 0.3) is 11.0 Å². The summed E-state index contributed by atoms with van der Waals surface area (Å²) in [5.74, 6) is -0.465. The summed E-state index contributed by atoms with van der Waals surface area (Å²) in [6, 6.07) is 13.8. The zero-order valence-electron chi connectivity index (χ0n) is 12.2. The van der Waals surface area contributed by atoms with Crippen molar-refractivity contribution in [1.82, 2.24) is 15.0 Å². The predicted molar refractivity (Wildman–Crippen MR) is 89.4 cm³/mol. The minimum Gasteiger partial charge on any atom is -0.238 e. The Morgan fingerprint density at radius 1 is 1.09 bits per heavy atom. The molecule has 0 aliphatic heterocycles. The molecule has 0 saturated heterocycles. The summed E-state index contributed by atoms with van der Waals surface area (Å²) in [7, 11) is -3.55. The summed E-state index contributed by atoms with van der Waals surface area (Å²) in [5.41, 5.74) is 2.29. The molecule has 0 bridgehead atoms. The van der Waals surface area contributed by atoms with E-state index in [1.807, 2.05) is 19.1 Å². The average molecular weight is 349 g/mol. The van der Waals surface area contributed by atoms with Gasteiger partial charge in [-0.3, -0.25) is 0 Å². The van der Waals surface area contributed by atoms with E-state index < -0.39 is 15.7 Å². The SMILES string of the molecule is Cc1ccc(S(=O)(=O)CN=C(Cl)n2nc3ccccc3n2)cc1. The number of benzene rings is 2. The number of hydrogen-bond donors (Lipinski definition) is 0. The molecule has 3 rings (SSSR count). The summed E-state index contributed by atoms with van der Waals surface area (Å²) >= 11 is 6.02. The minimum atomic E-state index is -3.55. The van der Waals surface area contributed by atoms with Crippen LogP contribution < -0.4 is 0 Å². The van der Waals surface area contributed by atoms with E-state index in [4.69, 9.17) is 11.6 Å². The first kappa shape index (κ1) is 15.6. The van der Waals surface area contributed by atoms with Crippen LogP contribution in [-0.4, -0.2) is 34.6 Å². The Balaban J connectivity index is 1.84. The zero-order valence-corrected chi connectivity index (χ0v) is 13.8. The highest BCUT2D eigenvalue weighted by Gasteiger charge is 2.14. The number of sulfone groups is 1. The third-order valence-corrected chi connectivity index (χ3v) is 4.93. The molecule has 0 aliphatic rings. The standard InChI is InChI=1S/C15H13ClN4O2S/c1-11-6-8-12(9-7-11)23(21,22)10-17-15(16)20-18-13-4-2-3-5-14(13)19-20/h2-9H,10H2,1H3. The van der Waals surface area contributed by atoms with Crippen LogP contribution in [0.3, 0.4) is 0 Å². The number of nitrogens with zero attached hydrogens (tertiary/aromatic N) is 4. The molecule has 23 heavy (non-hydrogen) atoms. The maximum absolute atomic E-state index is 12.2. The molecule has 118 valence electrons. The lowest BCUT2D eigenvalue weighted by molar-refractivity contribution is 0.596. The molecular formula is C15H13ClN4O2S. The molecule has 3 aromatic rings. The highest BCUT2D eigenvalue weighted by molar-refractivity contribution is 7.91. The smallest absolute Gasteiger partial charge is 0.238 e. The number of fused-ring (bicyclic) bond motifs is 1. The van der Waals surface area contributed by atoms with E-state index in [-0.39, 0.29) is 10.2 Å². The van der Waals surface area contributed by atoms with Gasteiger partial charge in [-0.1, -0.05) is 29.8 Å². The summed E-state index contributed by atoms with van der Waals surface area (Å²) in [5, 5.41) is 8.19. The molecule has 1 aromatic heterocycles. The second kappa shape index (κ2) is 6.10. The van der Waals surface area contributed by atoms with E-state index in [9.17, 15) is 8.42 Å². The van der Waals surface area contributed by atoms with E-state index in [1.54, 1.807) is 36.4 Å². The number of rotatable bonds is 3. The summed E-state index contributed by atoms with van der Waals surface area (Å²) in [6.07, 6.45) is 0. The van der Waals surface area contributed by atoms with Gasteiger partial charge in [0, 0.05) is 0 Å². The fourth-order valence-corrected chi connectivity index (χ4v) is 3.16. The van der Waals surface area contributed by atoms with Crippen molar-refractivity contribution in [2.45, 2.75) is 11.8 Å². The van der Waals surface area contributed by atoms with Crippen LogP contribution in [0.15, 0.2) is 58.4 Å². The molecule has 0 unspecified atom stereocenters. The van der Waals surface area contributed by atoms with Crippen molar-refractivity contribution in [3.63, 3.8) is 0 Å². The van der Waals surface area contributed by atoms with Crippen LogP contribution in [0.2, 0.25) is 0 Å². The number of hydrogen-bond acceptors (Lipinski definition) is 5. The van der Waals surface area contributed by atoms with E-state index in [0.717, 1.165) is 10.4 Å². The topological polar surface area (TPSA) is 77.2 Å². The molecule has 1 heterocycles. The molecule has 0 aliphatic carbocycles. The number of halogens is 1. The van der Waals surface area contributed by atoms with Crippen LogP contribution in [0.4, 0.5) is 0 Å². The molecule has 2 aromatic carbocycles. The second-order valence-corrected chi connectivity index (χ2v) is 7.26. The van der Waals surface area contributed by atoms with Gasteiger partial charge in [0.1, 0.15) is 16.9 Å². The second-order valence-electron chi connectivity index (χ2n) is 4.96. The quantitative estimate of drug-likeness (QED) is 0.538. The monoisotopic (exact) mass is 348 g/mol. The maximum atomic E-state index is 12.2. The Hall–Kier alpha value is -2.25. The summed E-state index contributed by atoms with van der Waals surface area (Å²) in [6.45, 7) is 1.89. The molecule has 0 fully saturated rings. The summed E-state index contributed by atoms with van der Waals surface area (Å²) in [4.78, 5) is 5.22. The minimum absolute atomic E-state index is 0.100. The van der Waals surface area contributed by atoms with Crippen molar-refractivity contribution in [3.05, 3.63) is 54.1 Å². The van der Waals surface area contributed by atoms with Crippen molar-refractivity contribution >= 4 is 37.8 Å². The van der Waals surface area contributed by atoms with E-state index in [1.165, 1.54) is 0 Å².